The molecule has 0 aromatic carbocycles. The third-order valence-electron chi connectivity index (χ3n) is 4.86. The number of nitrogens with zero attached hydrogens (tertiary/aromatic N) is 6. The molecule has 8 heteroatoms. The predicted octanol–water partition coefficient (Wildman–Crippen LogP) is 2.93. The molecule has 1 amide bonds. The summed E-state index contributed by atoms with van der Waals surface area (Å²) in [6.07, 6.45) is 9.04. The molecule has 4 rings (SSSR count). The molecule has 0 N–H and O–H groups in total. The van der Waals surface area contributed by atoms with Gasteiger partial charge < -0.3 is 9.42 Å². The van der Waals surface area contributed by atoms with Crippen molar-refractivity contribution in [2.45, 2.75) is 38.6 Å². The number of likely N-dealkylation sites (tertiary alicyclic amines) is 1. The molecule has 0 aliphatic carbocycles. The Balaban J connectivity index is 1.63. The van der Waals surface area contributed by atoms with Crippen LogP contribution in [-0.4, -0.2) is 42.3 Å². The van der Waals surface area contributed by atoms with E-state index in [-0.39, 0.29) is 11.9 Å². The van der Waals surface area contributed by atoms with Gasteiger partial charge in [-0.15, -0.1) is 0 Å². The summed E-state index contributed by atoms with van der Waals surface area (Å²) < 4.78 is 7.13. The molecule has 3 aromatic heterocycles. The molecule has 1 fully saturated rings. The van der Waals surface area contributed by atoms with E-state index in [2.05, 4.69) is 20.2 Å². The van der Waals surface area contributed by atoms with Gasteiger partial charge in [-0.05, 0) is 31.9 Å². The molecule has 1 unspecified atom stereocenters. The van der Waals surface area contributed by atoms with Gasteiger partial charge in [0.05, 0.1) is 23.4 Å². The predicted molar refractivity (Wildman–Crippen MR) is 97.7 cm³/mol. The highest BCUT2D eigenvalue weighted by molar-refractivity contribution is 5.94. The van der Waals surface area contributed by atoms with Gasteiger partial charge in [-0.25, -0.2) is 0 Å². The van der Waals surface area contributed by atoms with Crippen LogP contribution in [0.3, 0.4) is 0 Å². The molecule has 1 atom stereocenters. The van der Waals surface area contributed by atoms with Gasteiger partial charge in [0.2, 0.25) is 0 Å². The van der Waals surface area contributed by atoms with Crippen LogP contribution in [-0.2, 0) is 7.05 Å². The normalized spacial score (nSPS) is 17.7. The van der Waals surface area contributed by atoms with Gasteiger partial charge in [0, 0.05) is 31.7 Å². The van der Waals surface area contributed by atoms with E-state index in [1.807, 2.05) is 37.2 Å². The Morgan fingerprint density at radius 3 is 2.85 bits per heavy atom. The van der Waals surface area contributed by atoms with Crippen molar-refractivity contribution in [2.24, 2.45) is 7.05 Å². The number of aryl methyl sites for hydroxylation is 2. The van der Waals surface area contributed by atoms with E-state index in [0.717, 1.165) is 36.9 Å². The summed E-state index contributed by atoms with van der Waals surface area (Å²) in [4.78, 5) is 23.8. The van der Waals surface area contributed by atoms with Crippen molar-refractivity contribution in [2.75, 3.05) is 6.54 Å². The lowest BCUT2D eigenvalue weighted by Gasteiger charge is -2.27. The average molecular weight is 366 g/mol. The van der Waals surface area contributed by atoms with E-state index in [1.165, 1.54) is 0 Å². The number of hydrogen-bond acceptors (Lipinski definition) is 6. The summed E-state index contributed by atoms with van der Waals surface area (Å²) in [5, 5.41) is 8.31. The second-order valence-electron chi connectivity index (χ2n) is 6.91. The molecule has 0 saturated carbocycles. The van der Waals surface area contributed by atoms with Crippen molar-refractivity contribution >= 4 is 5.91 Å². The zero-order valence-corrected chi connectivity index (χ0v) is 15.5. The van der Waals surface area contributed by atoms with E-state index in [1.54, 1.807) is 17.1 Å². The molecule has 27 heavy (non-hydrogen) atoms. The number of hydrogen-bond donors (Lipinski definition) is 0. The van der Waals surface area contributed by atoms with Gasteiger partial charge in [-0.2, -0.15) is 10.1 Å². The first kappa shape index (κ1) is 17.4. The van der Waals surface area contributed by atoms with Crippen molar-refractivity contribution < 1.29 is 9.32 Å². The molecule has 3 aromatic rings. The molecule has 0 radical (unpaired) electrons. The van der Waals surface area contributed by atoms with Crippen LogP contribution in [0.5, 0.6) is 0 Å². The number of carbonyl (C=O) groups excluding carboxylic acids is 1. The highest BCUT2D eigenvalue weighted by Gasteiger charge is 2.31. The zero-order valence-electron chi connectivity index (χ0n) is 15.5. The SMILES string of the molecule is Cc1ccc(C(=O)N2CCCCCC2c2noc(-c3cnn(C)c3)n2)cn1. The molecule has 140 valence electrons. The maximum Gasteiger partial charge on any atom is 0.261 e. The molecule has 8 nitrogen and oxygen atoms in total. The summed E-state index contributed by atoms with van der Waals surface area (Å²) >= 11 is 0. The van der Waals surface area contributed by atoms with Gasteiger partial charge >= 0.3 is 0 Å². The monoisotopic (exact) mass is 366 g/mol. The van der Waals surface area contributed by atoms with Crippen molar-refractivity contribution in [1.29, 1.82) is 0 Å². The lowest BCUT2D eigenvalue weighted by molar-refractivity contribution is 0.0670. The van der Waals surface area contributed by atoms with Crippen LogP contribution in [0.25, 0.3) is 11.5 Å². The van der Waals surface area contributed by atoms with E-state index < -0.39 is 0 Å². The molecule has 1 saturated heterocycles. The standard InChI is InChI=1S/C19H22N6O2/c1-13-7-8-14(10-20-13)19(26)25-9-5-3-4-6-16(25)17-22-18(27-23-17)15-11-21-24(2)12-15/h7-8,10-12,16H,3-6,9H2,1-2H3. The minimum Gasteiger partial charge on any atom is -0.334 e. The van der Waals surface area contributed by atoms with E-state index in [4.69, 9.17) is 4.52 Å². The Bertz CT molecular complexity index is 930. The fourth-order valence-corrected chi connectivity index (χ4v) is 3.40. The van der Waals surface area contributed by atoms with Crippen LogP contribution in [0.2, 0.25) is 0 Å². The first-order chi connectivity index (χ1) is 13.1. The zero-order chi connectivity index (χ0) is 18.8. The van der Waals surface area contributed by atoms with E-state index >= 15 is 0 Å². The van der Waals surface area contributed by atoms with Crippen molar-refractivity contribution in [3.63, 3.8) is 0 Å². The number of carbonyl (C=O) groups is 1. The Morgan fingerprint density at radius 2 is 2.11 bits per heavy atom. The van der Waals surface area contributed by atoms with Crippen LogP contribution < -0.4 is 0 Å². The maximum absolute atomic E-state index is 13.1. The van der Waals surface area contributed by atoms with Crippen LogP contribution in [0.4, 0.5) is 0 Å². The second-order valence-corrected chi connectivity index (χ2v) is 6.91. The van der Waals surface area contributed by atoms with Crippen molar-refractivity contribution in [1.82, 2.24) is 29.8 Å². The molecule has 1 aliphatic heterocycles. The van der Waals surface area contributed by atoms with E-state index in [9.17, 15) is 4.79 Å². The summed E-state index contributed by atoms with van der Waals surface area (Å²) in [7, 11) is 1.84. The highest BCUT2D eigenvalue weighted by atomic mass is 16.5. The molecule has 1 aliphatic rings. The van der Waals surface area contributed by atoms with Crippen LogP contribution in [0.15, 0.2) is 35.2 Å². The molecule has 4 heterocycles. The average Bonchev–Trinajstić information content (AvgIpc) is 3.25. The number of aromatic nitrogens is 5. The third kappa shape index (κ3) is 3.60. The smallest absolute Gasteiger partial charge is 0.261 e. The third-order valence-corrected chi connectivity index (χ3v) is 4.86. The first-order valence-corrected chi connectivity index (χ1v) is 9.18. The molecular formula is C19H22N6O2. The van der Waals surface area contributed by atoms with E-state index in [0.29, 0.717) is 23.8 Å². The Labute approximate surface area is 157 Å². The van der Waals surface area contributed by atoms with Gasteiger partial charge in [-0.3, -0.25) is 14.5 Å². The molecule has 0 spiro atoms. The Hall–Kier alpha value is -3.03. The lowest BCUT2D eigenvalue weighted by Crippen LogP contribution is -2.35. The first-order valence-electron chi connectivity index (χ1n) is 9.18. The summed E-state index contributed by atoms with van der Waals surface area (Å²) in [5.74, 6) is 0.929. The van der Waals surface area contributed by atoms with Gasteiger partial charge in [0.1, 0.15) is 0 Å². The van der Waals surface area contributed by atoms with Crippen LogP contribution in [0.1, 0.15) is 53.6 Å². The summed E-state index contributed by atoms with van der Waals surface area (Å²) in [6.45, 7) is 2.58. The Morgan fingerprint density at radius 1 is 1.22 bits per heavy atom. The number of amides is 1. The van der Waals surface area contributed by atoms with Gasteiger partial charge in [0.25, 0.3) is 11.8 Å². The molecule has 0 bridgehead atoms. The molecular weight excluding hydrogens is 344 g/mol. The summed E-state index contributed by atoms with van der Waals surface area (Å²) in [5.41, 5.74) is 2.24. The maximum atomic E-state index is 13.1. The van der Waals surface area contributed by atoms with Gasteiger partial charge in [0.15, 0.2) is 5.82 Å². The van der Waals surface area contributed by atoms with Crippen LogP contribution in [0, 0.1) is 6.92 Å². The van der Waals surface area contributed by atoms with Crippen molar-refractivity contribution in [3.8, 4) is 11.5 Å². The van der Waals surface area contributed by atoms with Crippen LogP contribution >= 0.6 is 0 Å². The number of rotatable bonds is 3. The fourth-order valence-electron chi connectivity index (χ4n) is 3.40. The topological polar surface area (TPSA) is 89.9 Å². The Kier molecular flexibility index (Phi) is 4.70. The van der Waals surface area contributed by atoms with Gasteiger partial charge in [-0.1, -0.05) is 18.0 Å². The number of pyridine rings is 1. The highest BCUT2D eigenvalue weighted by Crippen LogP contribution is 2.31. The largest absolute Gasteiger partial charge is 0.334 e. The quantitative estimate of drug-likeness (QED) is 0.708. The van der Waals surface area contributed by atoms with Crippen molar-refractivity contribution in [3.05, 3.63) is 47.8 Å². The fraction of sp³-hybridized carbons (Fsp3) is 0.421. The second kappa shape index (κ2) is 7.30. The minimum absolute atomic E-state index is 0.0397. The minimum atomic E-state index is -0.199. The summed E-state index contributed by atoms with van der Waals surface area (Å²) in [6, 6.07) is 3.48. The lowest BCUT2D eigenvalue weighted by atomic mass is 10.1.